The van der Waals surface area contributed by atoms with Crippen molar-refractivity contribution in [1.29, 1.82) is 0 Å². The molecule has 1 amide bonds. The fraction of sp³-hybridized carbons (Fsp3) is 0.400. The van der Waals surface area contributed by atoms with E-state index in [0.29, 0.717) is 6.54 Å². The minimum Gasteiger partial charge on any atom is -0.351 e. The summed E-state index contributed by atoms with van der Waals surface area (Å²) in [6.07, 6.45) is 6.03. The first kappa shape index (κ1) is 12.8. The fourth-order valence-electron chi connectivity index (χ4n) is 1.85. The van der Waals surface area contributed by atoms with E-state index < -0.39 is 0 Å². The predicted octanol–water partition coefficient (Wildman–Crippen LogP) is 1.91. The van der Waals surface area contributed by atoms with Gasteiger partial charge in [0.05, 0.1) is 0 Å². The van der Waals surface area contributed by atoms with Gasteiger partial charge in [0.2, 0.25) is 5.91 Å². The van der Waals surface area contributed by atoms with Crippen molar-refractivity contribution < 1.29 is 4.79 Å². The minimum absolute atomic E-state index is 0.0250. The Kier molecular flexibility index (Phi) is 4.53. The normalized spacial score (nSPS) is 15.2. The van der Waals surface area contributed by atoms with Crippen LogP contribution < -0.4 is 5.32 Å². The second-order valence-corrected chi connectivity index (χ2v) is 4.75. The van der Waals surface area contributed by atoms with Crippen LogP contribution in [0.5, 0.6) is 0 Å². The average Bonchev–Trinajstić information content (AvgIpc) is 3.22. The van der Waals surface area contributed by atoms with Crippen LogP contribution in [0.1, 0.15) is 18.4 Å². The van der Waals surface area contributed by atoms with Gasteiger partial charge in [0, 0.05) is 25.2 Å². The molecule has 0 bridgehead atoms. The Balaban J connectivity index is 1.67. The van der Waals surface area contributed by atoms with Crippen LogP contribution in [0.2, 0.25) is 0 Å². The zero-order chi connectivity index (χ0) is 12.8. The highest BCUT2D eigenvalue weighted by Gasteiger charge is 2.25. The molecule has 1 aromatic rings. The second-order valence-electron chi connectivity index (χ2n) is 4.75. The molecule has 1 aliphatic rings. The number of hydrogen-bond acceptors (Lipinski definition) is 2. The van der Waals surface area contributed by atoms with Gasteiger partial charge in [0.1, 0.15) is 0 Å². The third kappa shape index (κ3) is 4.34. The molecule has 0 heterocycles. The Bertz CT molecular complexity index is 410. The van der Waals surface area contributed by atoms with Gasteiger partial charge in [-0.05, 0) is 31.5 Å². The van der Waals surface area contributed by atoms with Crippen LogP contribution in [0.3, 0.4) is 0 Å². The third-order valence-electron chi connectivity index (χ3n) is 3.16. The molecule has 1 aliphatic carbocycles. The van der Waals surface area contributed by atoms with Crippen molar-refractivity contribution in [1.82, 2.24) is 10.2 Å². The van der Waals surface area contributed by atoms with Crippen LogP contribution >= 0.6 is 0 Å². The molecule has 1 saturated carbocycles. The van der Waals surface area contributed by atoms with Gasteiger partial charge < -0.3 is 10.2 Å². The molecule has 0 atom stereocenters. The number of likely N-dealkylation sites (N-methyl/N-ethyl adjacent to an activating group) is 1. The van der Waals surface area contributed by atoms with E-state index in [1.807, 2.05) is 36.4 Å². The van der Waals surface area contributed by atoms with E-state index >= 15 is 0 Å². The van der Waals surface area contributed by atoms with Crippen molar-refractivity contribution >= 4 is 12.0 Å². The van der Waals surface area contributed by atoms with Gasteiger partial charge in [0.25, 0.3) is 0 Å². The number of benzene rings is 1. The summed E-state index contributed by atoms with van der Waals surface area (Å²) in [4.78, 5) is 13.9. The molecule has 0 radical (unpaired) electrons. The van der Waals surface area contributed by atoms with Gasteiger partial charge in [-0.25, -0.2) is 0 Å². The fourth-order valence-corrected chi connectivity index (χ4v) is 1.85. The SMILES string of the molecule is CN(CCNC(=O)C=Cc1ccccc1)C1CC1. The molecule has 0 aromatic heterocycles. The van der Waals surface area contributed by atoms with Gasteiger partial charge in [-0.2, -0.15) is 0 Å². The summed E-state index contributed by atoms with van der Waals surface area (Å²) in [6.45, 7) is 1.64. The van der Waals surface area contributed by atoms with E-state index in [4.69, 9.17) is 0 Å². The molecule has 3 heteroatoms. The summed E-state index contributed by atoms with van der Waals surface area (Å²) in [5.74, 6) is -0.0250. The third-order valence-corrected chi connectivity index (χ3v) is 3.16. The number of nitrogens with zero attached hydrogens (tertiary/aromatic N) is 1. The average molecular weight is 244 g/mol. The second kappa shape index (κ2) is 6.36. The maximum Gasteiger partial charge on any atom is 0.244 e. The molecule has 0 saturated heterocycles. The van der Waals surface area contributed by atoms with Gasteiger partial charge in [-0.1, -0.05) is 30.3 Å². The highest BCUT2D eigenvalue weighted by atomic mass is 16.1. The molecule has 18 heavy (non-hydrogen) atoms. The molecule has 1 N–H and O–H groups in total. The first-order chi connectivity index (χ1) is 8.75. The van der Waals surface area contributed by atoms with Crippen molar-refractivity contribution in [2.75, 3.05) is 20.1 Å². The minimum atomic E-state index is -0.0250. The van der Waals surface area contributed by atoms with Crippen molar-refractivity contribution in [2.45, 2.75) is 18.9 Å². The Hall–Kier alpha value is -1.61. The first-order valence-electron chi connectivity index (χ1n) is 6.47. The molecule has 0 unspecified atom stereocenters. The van der Waals surface area contributed by atoms with Crippen LogP contribution in [-0.2, 0) is 4.79 Å². The summed E-state index contributed by atoms with van der Waals surface area (Å²) in [7, 11) is 2.11. The molecular formula is C15H20N2O. The number of rotatable bonds is 6. The van der Waals surface area contributed by atoms with Crippen molar-refractivity contribution in [3.8, 4) is 0 Å². The van der Waals surface area contributed by atoms with Crippen molar-refractivity contribution in [2.24, 2.45) is 0 Å². The molecule has 2 rings (SSSR count). The smallest absolute Gasteiger partial charge is 0.244 e. The van der Waals surface area contributed by atoms with E-state index in [1.165, 1.54) is 12.8 Å². The zero-order valence-electron chi connectivity index (χ0n) is 10.8. The van der Waals surface area contributed by atoms with E-state index in [1.54, 1.807) is 6.08 Å². The summed E-state index contributed by atoms with van der Waals surface area (Å²) >= 11 is 0. The molecule has 0 aliphatic heterocycles. The van der Waals surface area contributed by atoms with E-state index in [9.17, 15) is 4.79 Å². The summed E-state index contributed by atoms with van der Waals surface area (Å²) in [5, 5.41) is 2.90. The van der Waals surface area contributed by atoms with E-state index in [0.717, 1.165) is 18.2 Å². The molecular weight excluding hydrogens is 224 g/mol. The maximum atomic E-state index is 11.6. The van der Waals surface area contributed by atoms with E-state index in [2.05, 4.69) is 17.3 Å². The van der Waals surface area contributed by atoms with Crippen LogP contribution in [-0.4, -0.2) is 37.0 Å². The highest BCUT2D eigenvalue weighted by molar-refractivity contribution is 5.91. The number of hydrogen-bond donors (Lipinski definition) is 1. The summed E-state index contributed by atoms with van der Waals surface area (Å²) in [5.41, 5.74) is 1.04. The topological polar surface area (TPSA) is 32.3 Å². The van der Waals surface area contributed by atoms with Crippen LogP contribution in [0.15, 0.2) is 36.4 Å². The molecule has 0 spiro atoms. The molecule has 1 fully saturated rings. The van der Waals surface area contributed by atoms with Crippen molar-refractivity contribution in [3.63, 3.8) is 0 Å². The van der Waals surface area contributed by atoms with Gasteiger partial charge in [-0.15, -0.1) is 0 Å². The Morgan fingerprint density at radius 2 is 2.11 bits per heavy atom. The highest BCUT2D eigenvalue weighted by Crippen LogP contribution is 2.24. The first-order valence-corrected chi connectivity index (χ1v) is 6.47. The lowest BCUT2D eigenvalue weighted by Crippen LogP contribution is -2.33. The Morgan fingerprint density at radius 1 is 1.39 bits per heavy atom. The Labute approximate surface area is 108 Å². The lowest BCUT2D eigenvalue weighted by molar-refractivity contribution is -0.116. The molecule has 3 nitrogen and oxygen atoms in total. The van der Waals surface area contributed by atoms with Gasteiger partial charge in [0.15, 0.2) is 0 Å². The monoisotopic (exact) mass is 244 g/mol. The lowest BCUT2D eigenvalue weighted by atomic mass is 10.2. The predicted molar refractivity (Wildman–Crippen MR) is 74.1 cm³/mol. The van der Waals surface area contributed by atoms with Gasteiger partial charge >= 0.3 is 0 Å². The van der Waals surface area contributed by atoms with E-state index in [-0.39, 0.29) is 5.91 Å². The lowest BCUT2D eigenvalue weighted by Gasteiger charge is -2.15. The Morgan fingerprint density at radius 3 is 2.78 bits per heavy atom. The number of carbonyl (C=O) groups excluding carboxylic acids is 1. The van der Waals surface area contributed by atoms with Crippen LogP contribution in [0.25, 0.3) is 6.08 Å². The van der Waals surface area contributed by atoms with Crippen molar-refractivity contribution in [3.05, 3.63) is 42.0 Å². The summed E-state index contributed by atoms with van der Waals surface area (Å²) in [6, 6.07) is 10.6. The molecule has 96 valence electrons. The van der Waals surface area contributed by atoms with Gasteiger partial charge in [-0.3, -0.25) is 4.79 Å². The summed E-state index contributed by atoms with van der Waals surface area (Å²) < 4.78 is 0. The quantitative estimate of drug-likeness (QED) is 0.775. The number of carbonyl (C=O) groups is 1. The standard InChI is InChI=1S/C15H20N2O/c1-17(14-8-9-14)12-11-16-15(18)10-7-13-5-3-2-4-6-13/h2-7,10,14H,8-9,11-12H2,1H3,(H,16,18). The zero-order valence-corrected chi connectivity index (χ0v) is 10.8. The maximum absolute atomic E-state index is 11.6. The number of amides is 1. The molecule has 1 aromatic carbocycles. The van der Waals surface area contributed by atoms with Crippen LogP contribution in [0, 0.1) is 0 Å². The largest absolute Gasteiger partial charge is 0.351 e. The van der Waals surface area contributed by atoms with Crippen LogP contribution in [0.4, 0.5) is 0 Å². The number of nitrogens with one attached hydrogen (secondary N) is 1.